The zero-order valence-corrected chi connectivity index (χ0v) is 17.3. The molecule has 4 aromatic rings. The fraction of sp³-hybridized carbons (Fsp3) is 0.200. The van der Waals surface area contributed by atoms with E-state index in [0.29, 0.717) is 21.9 Å². The number of carbonyl (C=O) groups is 1. The smallest absolute Gasteiger partial charge is 0.260 e. The number of aromatic nitrogens is 3. The van der Waals surface area contributed by atoms with Crippen LogP contribution in [0.4, 0.5) is 5.13 Å². The molecule has 142 valence electrons. The first-order valence-electron chi connectivity index (χ1n) is 8.82. The maximum absolute atomic E-state index is 12.6. The second kappa shape index (κ2) is 7.29. The van der Waals surface area contributed by atoms with Crippen molar-refractivity contribution in [2.24, 2.45) is 0 Å². The zero-order valence-electron chi connectivity index (χ0n) is 15.6. The summed E-state index contributed by atoms with van der Waals surface area (Å²) in [6.07, 6.45) is 0.804. The van der Waals surface area contributed by atoms with Gasteiger partial charge in [-0.1, -0.05) is 19.1 Å². The zero-order chi connectivity index (χ0) is 19.8. The van der Waals surface area contributed by atoms with E-state index in [1.165, 1.54) is 22.7 Å². The Balaban J connectivity index is 1.63. The highest BCUT2D eigenvalue weighted by Crippen LogP contribution is 2.28. The normalized spacial score (nSPS) is 11.1. The summed E-state index contributed by atoms with van der Waals surface area (Å²) in [5.41, 5.74) is 3.08. The first kappa shape index (κ1) is 18.5. The number of rotatable bonds is 4. The fourth-order valence-electron chi connectivity index (χ4n) is 3.10. The molecule has 0 saturated carbocycles. The molecule has 0 bridgehead atoms. The molecule has 28 heavy (non-hydrogen) atoms. The molecule has 1 amide bonds. The monoisotopic (exact) mass is 410 g/mol. The Bertz CT molecular complexity index is 1240. The number of aryl methyl sites for hydroxylation is 3. The van der Waals surface area contributed by atoms with Crippen LogP contribution in [0, 0.1) is 13.8 Å². The maximum atomic E-state index is 12.6. The maximum Gasteiger partial charge on any atom is 0.260 e. The van der Waals surface area contributed by atoms with Gasteiger partial charge in [0.1, 0.15) is 10.7 Å². The average molecular weight is 411 g/mol. The summed E-state index contributed by atoms with van der Waals surface area (Å²) in [6.45, 7) is 5.93. The Hall–Kier alpha value is -2.84. The molecule has 8 heteroatoms. The van der Waals surface area contributed by atoms with Gasteiger partial charge in [0.15, 0.2) is 5.13 Å². The highest BCUT2D eigenvalue weighted by Gasteiger charge is 2.15. The average Bonchev–Trinajstić information content (AvgIpc) is 3.23. The number of aromatic amines is 1. The molecule has 0 unspecified atom stereocenters. The highest BCUT2D eigenvalue weighted by molar-refractivity contribution is 7.18. The van der Waals surface area contributed by atoms with Crippen LogP contribution < -0.4 is 10.9 Å². The van der Waals surface area contributed by atoms with E-state index >= 15 is 0 Å². The van der Waals surface area contributed by atoms with E-state index < -0.39 is 0 Å². The summed E-state index contributed by atoms with van der Waals surface area (Å²) in [5, 5.41) is 5.92. The van der Waals surface area contributed by atoms with Crippen LogP contribution in [0.25, 0.3) is 21.6 Å². The summed E-state index contributed by atoms with van der Waals surface area (Å²) in [7, 11) is 0. The minimum Gasteiger partial charge on any atom is -0.306 e. The van der Waals surface area contributed by atoms with Crippen LogP contribution >= 0.6 is 22.7 Å². The van der Waals surface area contributed by atoms with E-state index in [0.717, 1.165) is 32.9 Å². The van der Waals surface area contributed by atoms with Crippen molar-refractivity contribution in [1.82, 2.24) is 15.0 Å². The van der Waals surface area contributed by atoms with Gasteiger partial charge in [-0.2, -0.15) is 0 Å². The minimum atomic E-state index is -0.223. The van der Waals surface area contributed by atoms with Crippen LogP contribution in [-0.2, 0) is 6.42 Å². The van der Waals surface area contributed by atoms with Crippen molar-refractivity contribution in [2.45, 2.75) is 27.2 Å². The molecule has 6 nitrogen and oxygen atoms in total. The third-order valence-electron chi connectivity index (χ3n) is 4.48. The number of thiophene rings is 1. The van der Waals surface area contributed by atoms with E-state index in [2.05, 4.69) is 20.3 Å². The van der Waals surface area contributed by atoms with E-state index in [4.69, 9.17) is 0 Å². The SMILES string of the molecule is CCc1c(C)sc2nc(-c3ccc(C(=O)Nc4nc(C)cs4)cc3)[nH]c(=O)c12. The molecule has 1 aromatic carbocycles. The highest BCUT2D eigenvalue weighted by atomic mass is 32.1. The third kappa shape index (κ3) is 3.36. The number of nitrogens with one attached hydrogen (secondary N) is 2. The molecule has 3 aromatic heterocycles. The van der Waals surface area contributed by atoms with Crippen molar-refractivity contribution in [2.75, 3.05) is 5.32 Å². The lowest BCUT2D eigenvalue weighted by atomic mass is 10.1. The molecule has 4 rings (SSSR count). The third-order valence-corrected chi connectivity index (χ3v) is 6.39. The Labute approximate surface area is 169 Å². The lowest BCUT2D eigenvalue weighted by molar-refractivity contribution is 0.102. The van der Waals surface area contributed by atoms with Crippen LogP contribution in [-0.4, -0.2) is 20.9 Å². The fourth-order valence-corrected chi connectivity index (χ4v) is 4.90. The number of carbonyl (C=O) groups excluding carboxylic acids is 1. The quantitative estimate of drug-likeness (QED) is 0.517. The van der Waals surface area contributed by atoms with Crippen molar-refractivity contribution >= 4 is 43.9 Å². The molecule has 0 radical (unpaired) electrons. The van der Waals surface area contributed by atoms with Gasteiger partial charge in [-0.15, -0.1) is 22.7 Å². The number of benzene rings is 1. The Morgan fingerprint density at radius 2 is 1.93 bits per heavy atom. The number of hydrogen-bond donors (Lipinski definition) is 2. The molecule has 0 spiro atoms. The summed E-state index contributed by atoms with van der Waals surface area (Å²) >= 11 is 2.93. The molecule has 0 atom stereocenters. The van der Waals surface area contributed by atoms with Gasteiger partial charge < -0.3 is 4.98 Å². The molecule has 0 aliphatic heterocycles. The Morgan fingerprint density at radius 1 is 1.18 bits per heavy atom. The largest absolute Gasteiger partial charge is 0.306 e. The van der Waals surface area contributed by atoms with Crippen molar-refractivity contribution in [3.05, 3.63) is 61.7 Å². The summed E-state index contributed by atoms with van der Waals surface area (Å²) < 4.78 is 0. The van der Waals surface area contributed by atoms with Gasteiger partial charge in [-0.25, -0.2) is 9.97 Å². The number of fused-ring (bicyclic) bond motifs is 1. The van der Waals surface area contributed by atoms with Crippen LogP contribution in [0.15, 0.2) is 34.4 Å². The molecular formula is C20H18N4O2S2. The lowest BCUT2D eigenvalue weighted by Gasteiger charge is -2.05. The first-order valence-corrected chi connectivity index (χ1v) is 10.5. The van der Waals surface area contributed by atoms with Gasteiger partial charge in [0.05, 0.1) is 11.1 Å². The van der Waals surface area contributed by atoms with Crippen LogP contribution in [0.2, 0.25) is 0 Å². The summed E-state index contributed by atoms with van der Waals surface area (Å²) in [5.74, 6) is 0.281. The molecule has 3 heterocycles. The van der Waals surface area contributed by atoms with Gasteiger partial charge in [-0.3, -0.25) is 14.9 Å². The first-order chi connectivity index (χ1) is 13.5. The number of amides is 1. The van der Waals surface area contributed by atoms with E-state index in [9.17, 15) is 9.59 Å². The number of anilines is 1. The van der Waals surface area contributed by atoms with Gasteiger partial charge in [0.2, 0.25) is 0 Å². The molecular weight excluding hydrogens is 392 g/mol. The topological polar surface area (TPSA) is 87.7 Å². The summed E-state index contributed by atoms with van der Waals surface area (Å²) in [6, 6.07) is 7.00. The predicted molar refractivity (Wildman–Crippen MR) is 115 cm³/mol. The van der Waals surface area contributed by atoms with E-state index in [1.807, 2.05) is 26.2 Å². The number of nitrogens with zero attached hydrogens (tertiary/aromatic N) is 2. The Kier molecular flexibility index (Phi) is 4.82. The van der Waals surface area contributed by atoms with Crippen molar-refractivity contribution in [3.8, 4) is 11.4 Å². The van der Waals surface area contributed by atoms with Crippen molar-refractivity contribution in [3.63, 3.8) is 0 Å². The summed E-state index contributed by atoms with van der Waals surface area (Å²) in [4.78, 5) is 38.6. The molecule has 2 N–H and O–H groups in total. The van der Waals surface area contributed by atoms with Crippen LogP contribution in [0.1, 0.15) is 33.4 Å². The number of thiazole rings is 1. The molecule has 0 aliphatic carbocycles. The number of H-pyrrole nitrogens is 1. The predicted octanol–water partition coefficient (Wildman–Crippen LogP) is 4.54. The molecule has 0 aliphatic rings. The lowest BCUT2D eigenvalue weighted by Crippen LogP contribution is -2.12. The van der Waals surface area contributed by atoms with E-state index in [1.54, 1.807) is 24.3 Å². The standard InChI is InChI=1S/C20H18N4O2S2/c1-4-14-11(3)28-19-15(14)18(26)22-16(23-19)12-5-7-13(8-6-12)17(25)24-20-21-10(2)9-27-20/h5-9H,4H2,1-3H3,(H,21,24,25)(H,22,23,26). The number of hydrogen-bond acceptors (Lipinski definition) is 6. The second-order valence-electron chi connectivity index (χ2n) is 6.41. The van der Waals surface area contributed by atoms with Crippen LogP contribution in [0.3, 0.4) is 0 Å². The van der Waals surface area contributed by atoms with Crippen molar-refractivity contribution < 1.29 is 4.79 Å². The second-order valence-corrected chi connectivity index (χ2v) is 8.47. The van der Waals surface area contributed by atoms with Gasteiger partial charge in [-0.05, 0) is 38.0 Å². The van der Waals surface area contributed by atoms with Gasteiger partial charge in [0.25, 0.3) is 11.5 Å². The molecule has 0 saturated heterocycles. The van der Waals surface area contributed by atoms with Crippen LogP contribution in [0.5, 0.6) is 0 Å². The van der Waals surface area contributed by atoms with Gasteiger partial charge >= 0.3 is 0 Å². The van der Waals surface area contributed by atoms with Gasteiger partial charge in [0, 0.05) is 21.4 Å². The molecule has 0 fully saturated rings. The van der Waals surface area contributed by atoms with E-state index in [-0.39, 0.29) is 11.5 Å². The van der Waals surface area contributed by atoms with Crippen molar-refractivity contribution in [1.29, 1.82) is 0 Å². The Morgan fingerprint density at radius 3 is 2.57 bits per heavy atom. The minimum absolute atomic E-state index is 0.123.